The van der Waals surface area contributed by atoms with E-state index in [1.165, 1.54) is 0 Å². The van der Waals surface area contributed by atoms with Crippen molar-refractivity contribution in [3.8, 4) is 5.75 Å². The van der Waals surface area contributed by atoms with Gasteiger partial charge >= 0.3 is 0 Å². The summed E-state index contributed by atoms with van der Waals surface area (Å²) in [5.41, 5.74) is 6.33. The number of aryl methyl sites for hydroxylation is 1. The molecule has 5 aromatic rings. The van der Waals surface area contributed by atoms with E-state index >= 15 is 0 Å². The molecule has 186 valence electrons. The van der Waals surface area contributed by atoms with Crippen LogP contribution in [0.25, 0.3) is 27.1 Å². The van der Waals surface area contributed by atoms with E-state index in [1.807, 2.05) is 36.4 Å². The first-order valence-corrected chi connectivity index (χ1v) is 12.9. The number of aromatic nitrogens is 1. The zero-order valence-electron chi connectivity index (χ0n) is 20.4. The summed E-state index contributed by atoms with van der Waals surface area (Å²) >= 11 is 1.64. The Hall–Kier alpha value is -4.20. The summed E-state index contributed by atoms with van der Waals surface area (Å²) in [5.74, 6) is 0.332. The highest BCUT2D eigenvalue weighted by Crippen LogP contribution is 2.29. The predicted molar refractivity (Wildman–Crippen MR) is 151 cm³/mol. The van der Waals surface area contributed by atoms with Crippen LogP contribution in [0.2, 0.25) is 0 Å². The summed E-state index contributed by atoms with van der Waals surface area (Å²) in [6.07, 6.45) is 2.80. The number of carbonyl (C=O) groups is 1. The van der Waals surface area contributed by atoms with Crippen molar-refractivity contribution in [3.05, 3.63) is 107 Å². The summed E-state index contributed by atoms with van der Waals surface area (Å²) in [6, 6.07) is 27.6. The lowest BCUT2D eigenvalue weighted by atomic mass is 10.1. The highest BCUT2D eigenvalue weighted by atomic mass is 32.1. The number of hydrogen-bond donors (Lipinski definition) is 3. The second-order valence-electron chi connectivity index (χ2n) is 8.74. The lowest BCUT2D eigenvalue weighted by Crippen LogP contribution is -2.18. The number of fused-ring (bicyclic) bond motifs is 2. The molecular formula is C30H27N3O3S. The van der Waals surface area contributed by atoms with Gasteiger partial charge in [0.1, 0.15) is 5.75 Å². The van der Waals surface area contributed by atoms with Crippen molar-refractivity contribution in [1.82, 2.24) is 10.5 Å². The number of carbonyl (C=O) groups excluding carboxylic acids is 1. The Bertz CT molecular complexity index is 1570. The van der Waals surface area contributed by atoms with Crippen molar-refractivity contribution in [2.45, 2.75) is 13.3 Å². The molecule has 0 aliphatic rings. The summed E-state index contributed by atoms with van der Waals surface area (Å²) in [7, 11) is 0. The van der Waals surface area contributed by atoms with Crippen molar-refractivity contribution in [2.75, 3.05) is 18.5 Å². The number of rotatable bonds is 9. The van der Waals surface area contributed by atoms with Crippen LogP contribution in [-0.4, -0.2) is 29.3 Å². The zero-order chi connectivity index (χ0) is 25.6. The van der Waals surface area contributed by atoms with Gasteiger partial charge in [-0.1, -0.05) is 78.1 Å². The van der Waals surface area contributed by atoms with Gasteiger partial charge in [0.15, 0.2) is 5.13 Å². The summed E-state index contributed by atoms with van der Waals surface area (Å²) in [4.78, 5) is 16.4. The van der Waals surface area contributed by atoms with Gasteiger partial charge in [-0.3, -0.25) is 10.0 Å². The number of hydrogen-bond acceptors (Lipinski definition) is 6. The maximum absolute atomic E-state index is 11.7. The molecule has 3 N–H and O–H groups in total. The van der Waals surface area contributed by atoms with Gasteiger partial charge in [-0.05, 0) is 53.3 Å². The number of hydroxylamine groups is 1. The first-order valence-electron chi connectivity index (χ1n) is 12.1. The van der Waals surface area contributed by atoms with Crippen molar-refractivity contribution < 1.29 is 14.7 Å². The molecule has 1 amide bonds. The Morgan fingerprint density at radius 2 is 1.78 bits per heavy atom. The highest BCUT2D eigenvalue weighted by molar-refractivity contribution is 7.22. The maximum Gasteiger partial charge on any atom is 0.274 e. The minimum Gasteiger partial charge on any atom is -0.493 e. The standard InChI is InChI=1S/C30H27N3O3S/c1-20-6-4-11-27-28(20)32-30(37-27)31-19-22(18-21-12-14-24(15-13-21)29(34)33-35)16-17-36-26-10-5-8-23-7-2-3-9-25(23)26/h2-15,18,35H,16-17,19H2,1H3,(H,31,32)(H,33,34). The third-order valence-corrected chi connectivity index (χ3v) is 7.14. The topological polar surface area (TPSA) is 83.5 Å². The van der Waals surface area contributed by atoms with Crippen LogP contribution in [0.4, 0.5) is 5.13 Å². The van der Waals surface area contributed by atoms with Gasteiger partial charge in [-0.15, -0.1) is 0 Å². The first-order chi connectivity index (χ1) is 18.1. The average molecular weight is 510 g/mol. The normalized spacial score (nSPS) is 11.6. The largest absolute Gasteiger partial charge is 0.493 e. The maximum atomic E-state index is 11.7. The number of nitrogens with zero attached hydrogens (tertiary/aromatic N) is 1. The van der Waals surface area contributed by atoms with Gasteiger partial charge in [0.05, 0.1) is 16.8 Å². The lowest BCUT2D eigenvalue weighted by molar-refractivity contribution is 0.0706. The molecule has 0 saturated carbocycles. The Morgan fingerprint density at radius 1 is 1.00 bits per heavy atom. The van der Waals surface area contributed by atoms with Gasteiger partial charge in [0.25, 0.3) is 5.91 Å². The SMILES string of the molecule is Cc1cccc2sc(NCC(=Cc3ccc(C(=O)NO)cc3)CCOc3cccc4ccccc34)nc12. The van der Waals surface area contributed by atoms with E-state index in [9.17, 15) is 4.79 Å². The van der Waals surface area contributed by atoms with Crippen LogP contribution in [0.3, 0.4) is 0 Å². The van der Waals surface area contributed by atoms with E-state index in [2.05, 4.69) is 54.7 Å². The molecule has 0 fully saturated rings. The van der Waals surface area contributed by atoms with Crippen LogP contribution < -0.4 is 15.5 Å². The number of ether oxygens (including phenoxy) is 1. The third kappa shape index (κ3) is 5.80. The molecule has 7 heteroatoms. The molecule has 0 saturated heterocycles. The fraction of sp³-hybridized carbons (Fsp3) is 0.133. The Morgan fingerprint density at radius 3 is 2.59 bits per heavy atom. The highest BCUT2D eigenvalue weighted by Gasteiger charge is 2.09. The molecule has 0 bridgehead atoms. The Labute approximate surface area is 219 Å². The minimum atomic E-state index is -0.535. The number of para-hydroxylation sites is 1. The van der Waals surface area contributed by atoms with Crippen LogP contribution >= 0.6 is 11.3 Å². The van der Waals surface area contributed by atoms with Gasteiger partial charge in [0, 0.05) is 23.9 Å². The monoisotopic (exact) mass is 509 g/mol. The fourth-order valence-corrected chi connectivity index (χ4v) is 5.15. The second-order valence-corrected chi connectivity index (χ2v) is 9.77. The number of anilines is 1. The van der Waals surface area contributed by atoms with E-state index < -0.39 is 5.91 Å². The number of amides is 1. The smallest absolute Gasteiger partial charge is 0.274 e. The van der Waals surface area contributed by atoms with Crippen LogP contribution in [0, 0.1) is 6.92 Å². The molecule has 1 aromatic heterocycles. The van der Waals surface area contributed by atoms with Crippen LogP contribution in [0.5, 0.6) is 5.75 Å². The molecule has 0 atom stereocenters. The van der Waals surface area contributed by atoms with Crippen LogP contribution in [0.1, 0.15) is 27.9 Å². The van der Waals surface area contributed by atoms with E-state index in [4.69, 9.17) is 14.9 Å². The van der Waals surface area contributed by atoms with Crippen molar-refractivity contribution in [3.63, 3.8) is 0 Å². The molecule has 0 aliphatic carbocycles. The van der Waals surface area contributed by atoms with Crippen molar-refractivity contribution in [1.29, 1.82) is 0 Å². The molecule has 0 radical (unpaired) electrons. The summed E-state index contributed by atoms with van der Waals surface area (Å²) < 4.78 is 7.36. The van der Waals surface area contributed by atoms with Gasteiger partial charge in [0.2, 0.25) is 0 Å². The first kappa shape index (κ1) is 24.5. The molecule has 1 heterocycles. The molecular weight excluding hydrogens is 482 g/mol. The molecule has 0 aliphatic heterocycles. The van der Waals surface area contributed by atoms with Crippen LogP contribution in [0.15, 0.2) is 90.5 Å². The Balaban J connectivity index is 1.33. The minimum absolute atomic E-state index is 0.392. The Kier molecular flexibility index (Phi) is 7.44. The number of nitrogens with one attached hydrogen (secondary N) is 2. The average Bonchev–Trinajstić information content (AvgIpc) is 3.36. The zero-order valence-corrected chi connectivity index (χ0v) is 21.2. The van der Waals surface area contributed by atoms with Crippen molar-refractivity contribution >= 4 is 49.4 Å². The second kappa shape index (κ2) is 11.2. The van der Waals surface area contributed by atoms with E-state index in [1.54, 1.807) is 28.9 Å². The number of benzene rings is 4. The molecule has 37 heavy (non-hydrogen) atoms. The fourth-order valence-electron chi connectivity index (χ4n) is 4.21. The van der Waals surface area contributed by atoms with Gasteiger partial charge < -0.3 is 10.1 Å². The van der Waals surface area contributed by atoms with E-state index in [0.717, 1.165) is 48.6 Å². The van der Waals surface area contributed by atoms with Gasteiger partial charge in [-0.25, -0.2) is 10.5 Å². The molecule has 5 rings (SSSR count). The van der Waals surface area contributed by atoms with E-state index in [-0.39, 0.29) is 0 Å². The molecule has 0 spiro atoms. The lowest BCUT2D eigenvalue weighted by Gasteiger charge is -2.12. The predicted octanol–water partition coefficient (Wildman–Crippen LogP) is 6.84. The quantitative estimate of drug-likeness (QED) is 0.150. The van der Waals surface area contributed by atoms with E-state index in [0.29, 0.717) is 25.1 Å². The third-order valence-electron chi connectivity index (χ3n) is 6.16. The molecule has 4 aromatic carbocycles. The summed E-state index contributed by atoms with van der Waals surface area (Å²) in [6.45, 7) is 3.20. The number of thiazole rings is 1. The van der Waals surface area contributed by atoms with Crippen molar-refractivity contribution in [2.24, 2.45) is 0 Å². The van der Waals surface area contributed by atoms with Crippen LogP contribution in [-0.2, 0) is 0 Å². The summed E-state index contributed by atoms with van der Waals surface area (Å²) in [5, 5.41) is 15.5. The molecule has 6 nitrogen and oxygen atoms in total. The van der Waals surface area contributed by atoms with Gasteiger partial charge in [-0.2, -0.15) is 0 Å². The molecule has 0 unspecified atom stereocenters.